The van der Waals surface area contributed by atoms with Gasteiger partial charge in [-0.15, -0.1) is 0 Å². The number of benzene rings is 2. The highest BCUT2D eigenvalue weighted by Gasteiger charge is 2.23. The van der Waals surface area contributed by atoms with Gasteiger partial charge >= 0.3 is 0 Å². The number of carbonyl (C=O) groups is 2. The van der Waals surface area contributed by atoms with E-state index in [9.17, 15) is 9.59 Å². The van der Waals surface area contributed by atoms with Crippen LogP contribution in [0.15, 0.2) is 48.5 Å². The van der Waals surface area contributed by atoms with Gasteiger partial charge in [0.2, 0.25) is 11.8 Å². The van der Waals surface area contributed by atoms with E-state index in [-0.39, 0.29) is 11.8 Å². The number of nitrogens with one attached hydrogen (secondary N) is 1. The highest BCUT2D eigenvalue weighted by Crippen LogP contribution is 2.11. The normalized spacial score (nSPS) is 14.8. The Labute approximate surface area is 192 Å². The molecule has 0 aliphatic carbocycles. The van der Waals surface area contributed by atoms with E-state index in [1.54, 1.807) is 0 Å². The van der Waals surface area contributed by atoms with Gasteiger partial charge in [-0.3, -0.25) is 19.4 Å². The second-order valence-electron chi connectivity index (χ2n) is 8.77. The predicted octanol–water partition coefficient (Wildman–Crippen LogP) is 3.30. The minimum absolute atomic E-state index is 0.00518. The molecule has 1 aliphatic heterocycles. The van der Waals surface area contributed by atoms with Crippen LogP contribution >= 0.6 is 0 Å². The van der Waals surface area contributed by atoms with E-state index in [0.29, 0.717) is 19.6 Å². The molecule has 6 nitrogen and oxygen atoms in total. The smallest absolute Gasteiger partial charge is 0.238 e. The minimum Gasteiger partial charge on any atom is -0.337 e. The van der Waals surface area contributed by atoms with Crippen molar-refractivity contribution in [1.82, 2.24) is 14.7 Å². The standard InChI is InChI=1S/C26H36N4O2/c1-4-13-30(18-23-9-5-21(2)6-10-23)26(32)20-29-16-14-28(15-17-29)19-25(31)27-24-11-7-22(3)8-12-24/h5-12H,4,13-20H2,1-3H3,(H,27,31). The molecule has 32 heavy (non-hydrogen) atoms. The fraction of sp³-hybridized carbons (Fsp3) is 0.462. The summed E-state index contributed by atoms with van der Waals surface area (Å²) in [5.74, 6) is 0.184. The van der Waals surface area contributed by atoms with Crippen molar-refractivity contribution in [2.45, 2.75) is 33.7 Å². The number of carbonyl (C=O) groups excluding carboxylic acids is 2. The molecule has 3 rings (SSSR count). The topological polar surface area (TPSA) is 55.9 Å². The first-order valence-electron chi connectivity index (χ1n) is 11.6. The van der Waals surface area contributed by atoms with Gasteiger partial charge in [-0.05, 0) is 38.0 Å². The van der Waals surface area contributed by atoms with Gasteiger partial charge in [0.1, 0.15) is 0 Å². The summed E-state index contributed by atoms with van der Waals surface area (Å²) in [5, 5.41) is 2.96. The SMILES string of the molecule is CCCN(Cc1ccc(C)cc1)C(=O)CN1CCN(CC(=O)Nc2ccc(C)cc2)CC1. The van der Waals surface area contributed by atoms with Crippen molar-refractivity contribution >= 4 is 17.5 Å². The highest BCUT2D eigenvalue weighted by molar-refractivity contribution is 5.92. The molecule has 1 saturated heterocycles. The van der Waals surface area contributed by atoms with Crippen LogP contribution in [0.2, 0.25) is 0 Å². The molecule has 0 radical (unpaired) electrons. The van der Waals surface area contributed by atoms with Gasteiger partial charge in [-0.25, -0.2) is 0 Å². The summed E-state index contributed by atoms with van der Waals surface area (Å²) in [7, 11) is 0. The fourth-order valence-electron chi connectivity index (χ4n) is 3.91. The maximum Gasteiger partial charge on any atom is 0.238 e. The zero-order valence-corrected chi connectivity index (χ0v) is 19.6. The summed E-state index contributed by atoms with van der Waals surface area (Å²) in [4.78, 5) is 31.6. The zero-order valence-electron chi connectivity index (χ0n) is 19.6. The monoisotopic (exact) mass is 436 g/mol. The molecule has 0 atom stereocenters. The van der Waals surface area contributed by atoms with Crippen LogP contribution in [-0.2, 0) is 16.1 Å². The van der Waals surface area contributed by atoms with E-state index in [0.717, 1.165) is 44.8 Å². The van der Waals surface area contributed by atoms with Crippen LogP contribution < -0.4 is 5.32 Å². The van der Waals surface area contributed by atoms with E-state index >= 15 is 0 Å². The Morgan fingerprint density at radius 3 is 1.94 bits per heavy atom. The van der Waals surface area contributed by atoms with E-state index in [1.165, 1.54) is 16.7 Å². The molecule has 1 fully saturated rings. The van der Waals surface area contributed by atoms with Gasteiger partial charge in [0.15, 0.2) is 0 Å². The van der Waals surface area contributed by atoms with Crippen molar-refractivity contribution in [2.24, 2.45) is 0 Å². The maximum absolute atomic E-state index is 13.0. The van der Waals surface area contributed by atoms with Gasteiger partial charge in [0.05, 0.1) is 13.1 Å². The largest absolute Gasteiger partial charge is 0.337 e. The summed E-state index contributed by atoms with van der Waals surface area (Å²) in [6.07, 6.45) is 0.946. The fourth-order valence-corrected chi connectivity index (χ4v) is 3.91. The molecule has 2 aromatic carbocycles. The Kier molecular flexibility index (Phi) is 8.82. The number of anilines is 1. The van der Waals surface area contributed by atoms with Gasteiger partial charge in [-0.2, -0.15) is 0 Å². The van der Waals surface area contributed by atoms with Crippen LogP contribution in [0.3, 0.4) is 0 Å². The third kappa shape index (κ3) is 7.46. The Bertz CT molecular complexity index is 872. The third-order valence-corrected chi connectivity index (χ3v) is 5.87. The Hall–Kier alpha value is -2.70. The van der Waals surface area contributed by atoms with Crippen LogP contribution in [-0.4, -0.2) is 72.3 Å². The lowest BCUT2D eigenvalue weighted by Crippen LogP contribution is -2.51. The molecule has 1 heterocycles. The Morgan fingerprint density at radius 1 is 0.844 bits per heavy atom. The molecule has 2 amide bonds. The Balaban J connectivity index is 1.43. The second kappa shape index (κ2) is 11.8. The van der Waals surface area contributed by atoms with Gasteiger partial charge in [0, 0.05) is 45.0 Å². The summed E-state index contributed by atoms with van der Waals surface area (Å²) in [5.41, 5.74) is 4.40. The van der Waals surface area contributed by atoms with E-state index in [1.807, 2.05) is 36.1 Å². The number of rotatable bonds is 9. The molecular weight excluding hydrogens is 400 g/mol. The minimum atomic E-state index is 0.00518. The number of hydrogen-bond donors (Lipinski definition) is 1. The number of nitrogens with zero attached hydrogens (tertiary/aromatic N) is 3. The third-order valence-electron chi connectivity index (χ3n) is 5.87. The first-order valence-corrected chi connectivity index (χ1v) is 11.6. The summed E-state index contributed by atoms with van der Waals surface area (Å²) in [6, 6.07) is 16.2. The molecule has 172 valence electrons. The van der Waals surface area contributed by atoms with Gasteiger partial charge in [-0.1, -0.05) is 54.4 Å². The van der Waals surface area contributed by atoms with Crippen LogP contribution in [0, 0.1) is 13.8 Å². The molecule has 2 aromatic rings. The second-order valence-corrected chi connectivity index (χ2v) is 8.77. The summed E-state index contributed by atoms with van der Waals surface area (Å²) in [6.45, 7) is 11.6. The summed E-state index contributed by atoms with van der Waals surface area (Å²) >= 11 is 0. The number of piperazine rings is 1. The average molecular weight is 437 g/mol. The van der Waals surface area contributed by atoms with Gasteiger partial charge < -0.3 is 10.2 Å². The molecular formula is C26H36N4O2. The van der Waals surface area contributed by atoms with Crippen molar-refractivity contribution in [2.75, 3.05) is 51.1 Å². The van der Waals surface area contributed by atoms with Gasteiger partial charge in [0.25, 0.3) is 0 Å². The van der Waals surface area contributed by atoms with E-state index in [2.05, 4.69) is 53.2 Å². The summed E-state index contributed by atoms with van der Waals surface area (Å²) < 4.78 is 0. The lowest BCUT2D eigenvalue weighted by molar-refractivity contribution is -0.133. The van der Waals surface area contributed by atoms with Crippen molar-refractivity contribution in [3.63, 3.8) is 0 Å². The molecule has 0 saturated carbocycles. The van der Waals surface area contributed by atoms with Crippen molar-refractivity contribution in [3.8, 4) is 0 Å². The first kappa shape index (κ1) is 24.0. The number of hydrogen-bond acceptors (Lipinski definition) is 4. The lowest BCUT2D eigenvalue weighted by atomic mass is 10.1. The molecule has 0 spiro atoms. The molecule has 0 unspecified atom stereocenters. The lowest BCUT2D eigenvalue weighted by Gasteiger charge is -2.35. The van der Waals surface area contributed by atoms with Crippen molar-refractivity contribution in [1.29, 1.82) is 0 Å². The first-order chi connectivity index (χ1) is 15.4. The van der Waals surface area contributed by atoms with Crippen molar-refractivity contribution in [3.05, 3.63) is 65.2 Å². The van der Waals surface area contributed by atoms with Crippen molar-refractivity contribution < 1.29 is 9.59 Å². The highest BCUT2D eigenvalue weighted by atomic mass is 16.2. The number of amides is 2. The molecule has 1 aliphatic rings. The molecule has 0 aromatic heterocycles. The molecule has 6 heteroatoms. The average Bonchev–Trinajstić information content (AvgIpc) is 2.78. The maximum atomic E-state index is 13.0. The zero-order chi connectivity index (χ0) is 22.9. The molecule has 0 bridgehead atoms. The van der Waals surface area contributed by atoms with E-state index < -0.39 is 0 Å². The Morgan fingerprint density at radius 2 is 1.38 bits per heavy atom. The van der Waals surface area contributed by atoms with Crippen LogP contribution in [0.1, 0.15) is 30.0 Å². The predicted molar refractivity (Wildman–Crippen MR) is 130 cm³/mol. The molecule has 1 N–H and O–H groups in total. The number of aryl methyl sites for hydroxylation is 2. The van der Waals surface area contributed by atoms with Crippen LogP contribution in [0.5, 0.6) is 0 Å². The van der Waals surface area contributed by atoms with Crippen LogP contribution in [0.25, 0.3) is 0 Å². The van der Waals surface area contributed by atoms with E-state index in [4.69, 9.17) is 0 Å². The van der Waals surface area contributed by atoms with Crippen LogP contribution in [0.4, 0.5) is 5.69 Å². The quantitative estimate of drug-likeness (QED) is 0.655.